The van der Waals surface area contributed by atoms with Crippen LogP contribution in [0.1, 0.15) is 29.7 Å². The number of rotatable bonds is 3. The van der Waals surface area contributed by atoms with Gasteiger partial charge in [0.15, 0.2) is 5.82 Å². The molecule has 92 valence electrons. The summed E-state index contributed by atoms with van der Waals surface area (Å²) in [6.07, 6.45) is 2.05. The van der Waals surface area contributed by atoms with Crippen LogP contribution in [0.4, 0.5) is 0 Å². The summed E-state index contributed by atoms with van der Waals surface area (Å²) >= 11 is 0. The molecule has 0 saturated heterocycles. The van der Waals surface area contributed by atoms with Crippen LogP contribution in [0.5, 0.6) is 0 Å². The molecule has 0 spiro atoms. The highest BCUT2D eigenvalue weighted by Crippen LogP contribution is 2.30. The minimum absolute atomic E-state index is 0.312. The first-order valence-electron chi connectivity index (χ1n) is 6.17. The molecule has 0 radical (unpaired) electrons. The highest BCUT2D eigenvalue weighted by Gasteiger charge is 2.27. The Bertz CT molecular complexity index is 571. The second-order valence-electron chi connectivity index (χ2n) is 4.49. The quantitative estimate of drug-likeness (QED) is 0.892. The normalized spacial score (nSPS) is 17.5. The van der Waals surface area contributed by atoms with Gasteiger partial charge in [-0.1, -0.05) is 36.9 Å². The highest BCUT2D eigenvalue weighted by molar-refractivity contribution is 5.54. The third-order valence-electron chi connectivity index (χ3n) is 3.39. The molecule has 1 aliphatic heterocycles. The lowest BCUT2D eigenvalue weighted by atomic mass is 10.1. The molecule has 0 fully saturated rings. The number of aryl methyl sites for hydroxylation is 1. The van der Waals surface area contributed by atoms with E-state index in [4.69, 9.17) is 0 Å². The molecule has 0 aliphatic carbocycles. The molecule has 3 rings (SSSR count). The fraction of sp³-hybridized carbons (Fsp3) is 0.286. The fourth-order valence-corrected chi connectivity index (χ4v) is 2.39. The summed E-state index contributed by atoms with van der Waals surface area (Å²) in [4.78, 5) is 4.53. The lowest BCUT2D eigenvalue weighted by Crippen LogP contribution is -2.09. The molecule has 18 heavy (non-hydrogen) atoms. The highest BCUT2D eigenvalue weighted by atomic mass is 15.4. The smallest absolute Gasteiger partial charge is 0.196 e. The second-order valence-corrected chi connectivity index (χ2v) is 4.49. The van der Waals surface area contributed by atoms with E-state index in [-0.39, 0.29) is 0 Å². The first-order valence-corrected chi connectivity index (χ1v) is 6.17. The van der Waals surface area contributed by atoms with Crippen molar-refractivity contribution in [2.24, 2.45) is 0 Å². The standard InChI is InChI=1S/C14H16N4/c1-10(15-2)14-16-13-9-8-12(18(13)17-14)11-6-4-3-5-7-11/h3-7,12,15H,1,8-9H2,2H3. The van der Waals surface area contributed by atoms with Crippen molar-refractivity contribution in [2.75, 3.05) is 7.05 Å². The van der Waals surface area contributed by atoms with Crippen LogP contribution in [-0.4, -0.2) is 21.8 Å². The van der Waals surface area contributed by atoms with E-state index in [9.17, 15) is 0 Å². The van der Waals surface area contributed by atoms with E-state index < -0.39 is 0 Å². The topological polar surface area (TPSA) is 42.7 Å². The Labute approximate surface area is 106 Å². The summed E-state index contributed by atoms with van der Waals surface area (Å²) < 4.78 is 2.03. The van der Waals surface area contributed by atoms with E-state index in [0.717, 1.165) is 24.4 Å². The first-order chi connectivity index (χ1) is 8.79. The summed E-state index contributed by atoms with van der Waals surface area (Å²) in [5.74, 6) is 1.75. The lowest BCUT2D eigenvalue weighted by Gasteiger charge is -2.11. The number of benzene rings is 1. The van der Waals surface area contributed by atoms with Crippen LogP contribution in [0, 0.1) is 0 Å². The Morgan fingerprint density at radius 3 is 2.89 bits per heavy atom. The molecule has 2 heterocycles. The molecule has 2 aromatic rings. The van der Waals surface area contributed by atoms with Crippen LogP contribution >= 0.6 is 0 Å². The van der Waals surface area contributed by atoms with Crippen molar-refractivity contribution in [1.29, 1.82) is 0 Å². The Balaban J connectivity index is 1.97. The van der Waals surface area contributed by atoms with Gasteiger partial charge in [-0.3, -0.25) is 0 Å². The van der Waals surface area contributed by atoms with Gasteiger partial charge in [0.25, 0.3) is 0 Å². The maximum absolute atomic E-state index is 4.56. The van der Waals surface area contributed by atoms with Gasteiger partial charge < -0.3 is 5.32 Å². The van der Waals surface area contributed by atoms with Crippen molar-refractivity contribution < 1.29 is 0 Å². The Hall–Kier alpha value is -2.10. The zero-order valence-corrected chi connectivity index (χ0v) is 10.4. The van der Waals surface area contributed by atoms with Crippen LogP contribution in [0.2, 0.25) is 0 Å². The number of aromatic nitrogens is 3. The molecule has 4 nitrogen and oxygen atoms in total. The molecule has 1 aromatic carbocycles. The van der Waals surface area contributed by atoms with Crippen LogP contribution in [0.15, 0.2) is 36.9 Å². The van der Waals surface area contributed by atoms with Crippen molar-refractivity contribution in [3.8, 4) is 0 Å². The Kier molecular flexibility index (Phi) is 2.63. The van der Waals surface area contributed by atoms with Gasteiger partial charge in [-0.15, -0.1) is 5.10 Å². The number of hydrogen-bond acceptors (Lipinski definition) is 3. The SMILES string of the molecule is C=C(NC)c1nc2n(n1)C(c1ccccc1)CC2. The number of hydrogen-bond donors (Lipinski definition) is 1. The van der Waals surface area contributed by atoms with E-state index in [1.807, 2.05) is 17.8 Å². The van der Waals surface area contributed by atoms with Crippen LogP contribution in [0.25, 0.3) is 5.70 Å². The van der Waals surface area contributed by atoms with Crippen molar-refractivity contribution >= 4 is 5.70 Å². The van der Waals surface area contributed by atoms with E-state index in [0.29, 0.717) is 11.9 Å². The van der Waals surface area contributed by atoms with Crippen LogP contribution in [-0.2, 0) is 6.42 Å². The third kappa shape index (κ3) is 1.70. The fourth-order valence-electron chi connectivity index (χ4n) is 2.39. The van der Waals surface area contributed by atoms with E-state index in [1.165, 1.54) is 5.56 Å². The van der Waals surface area contributed by atoms with Crippen LogP contribution in [0.3, 0.4) is 0 Å². The third-order valence-corrected chi connectivity index (χ3v) is 3.39. The van der Waals surface area contributed by atoms with Gasteiger partial charge in [0.05, 0.1) is 11.7 Å². The van der Waals surface area contributed by atoms with Crippen molar-refractivity contribution in [2.45, 2.75) is 18.9 Å². The Morgan fingerprint density at radius 1 is 1.39 bits per heavy atom. The molecular weight excluding hydrogens is 224 g/mol. The number of nitrogens with one attached hydrogen (secondary N) is 1. The summed E-state index contributed by atoms with van der Waals surface area (Å²) in [6.45, 7) is 3.90. The molecule has 1 aromatic heterocycles. The number of nitrogens with zero attached hydrogens (tertiary/aromatic N) is 3. The molecule has 1 atom stereocenters. The minimum atomic E-state index is 0.312. The van der Waals surface area contributed by atoms with Gasteiger partial charge in [0.1, 0.15) is 5.82 Å². The van der Waals surface area contributed by atoms with E-state index >= 15 is 0 Å². The molecular formula is C14H16N4. The predicted octanol–water partition coefficient (Wildman–Crippen LogP) is 2.00. The maximum atomic E-state index is 4.56. The van der Waals surface area contributed by atoms with Gasteiger partial charge in [-0.2, -0.15) is 0 Å². The molecule has 4 heteroatoms. The Morgan fingerprint density at radius 2 is 2.17 bits per heavy atom. The monoisotopic (exact) mass is 240 g/mol. The average Bonchev–Trinajstić information content (AvgIpc) is 2.98. The second kappa shape index (κ2) is 4.29. The molecule has 0 saturated carbocycles. The van der Waals surface area contributed by atoms with Crippen molar-refractivity contribution in [3.63, 3.8) is 0 Å². The van der Waals surface area contributed by atoms with E-state index in [1.54, 1.807) is 0 Å². The average molecular weight is 240 g/mol. The molecule has 1 unspecified atom stereocenters. The van der Waals surface area contributed by atoms with Crippen LogP contribution < -0.4 is 5.32 Å². The minimum Gasteiger partial charge on any atom is -0.385 e. The van der Waals surface area contributed by atoms with Gasteiger partial charge in [0, 0.05) is 13.5 Å². The summed E-state index contributed by atoms with van der Waals surface area (Å²) in [5.41, 5.74) is 2.06. The summed E-state index contributed by atoms with van der Waals surface area (Å²) in [5, 5.41) is 7.55. The zero-order valence-electron chi connectivity index (χ0n) is 10.4. The number of fused-ring (bicyclic) bond motifs is 1. The summed E-state index contributed by atoms with van der Waals surface area (Å²) in [6, 6.07) is 10.8. The summed E-state index contributed by atoms with van der Waals surface area (Å²) in [7, 11) is 1.84. The molecule has 0 amide bonds. The van der Waals surface area contributed by atoms with Crippen molar-refractivity contribution in [1.82, 2.24) is 20.1 Å². The van der Waals surface area contributed by atoms with Gasteiger partial charge in [-0.05, 0) is 12.0 Å². The first kappa shape index (κ1) is 11.0. The molecule has 1 aliphatic rings. The maximum Gasteiger partial charge on any atom is 0.196 e. The van der Waals surface area contributed by atoms with Gasteiger partial charge >= 0.3 is 0 Å². The predicted molar refractivity (Wildman–Crippen MR) is 71.0 cm³/mol. The van der Waals surface area contributed by atoms with Gasteiger partial charge in [-0.25, -0.2) is 9.67 Å². The van der Waals surface area contributed by atoms with Crippen molar-refractivity contribution in [3.05, 3.63) is 54.1 Å². The zero-order chi connectivity index (χ0) is 12.5. The molecule has 1 N–H and O–H groups in total. The van der Waals surface area contributed by atoms with Gasteiger partial charge in [0.2, 0.25) is 0 Å². The molecule has 0 bridgehead atoms. The largest absolute Gasteiger partial charge is 0.385 e. The lowest BCUT2D eigenvalue weighted by molar-refractivity contribution is 0.553. The van der Waals surface area contributed by atoms with E-state index in [2.05, 4.69) is 46.2 Å².